The first-order valence-corrected chi connectivity index (χ1v) is 6.98. The first kappa shape index (κ1) is 15.9. The minimum atomic E-state index is -0.250. The third-order valence-electron chi connectivity index (χ3n) is 2.89. The summed E-state index contributed by atoms with van der Waals surface area (Å²) in [4.78, 5) is 18.1. The molecule has 2 rings (SSSR count). The van der Waals surface area contributed by atoms with Gasteiger partial charge in [-0.3, -0.25) is 4.79 Å². The Morgan fingerprint density at radius 2 is 2.35 bits per heavy atom. The van der Waals surface area contributed by atoms with Gasteiger partial charge in [0.15, 0.2) is 5.96 Å². The monoisotopic (exact) mass is 295 g/mol. The topological polar surface area (TPSA) is 138 Å². The van der Waals surface area contributed by atoms with Crippen LogP contribution in [0.3, 0.4) is 0 Å². The fourth-order valence-corrected chi connectivity index (χ4v) is 3.25. The molecule has 0 fully saturated rings. The molecular formula is C12H17N5O2S. The second kappa shape index (κ2) is 8.12. The highest BCUT2D eigenvalue weighted by molar-refractivity contribution is 7.15. The lowest BCUT2D eigenvalue weighted by Crippen LogP contribution is -2.21. The summed E-state index contributed by atoms with van der Waals surface area (Å²) in [6.07, 6.45) is 4.79. The first-order chi connectivity index (χ1) is 9.62. The summed E-state index contributed by atoms with van der Waals surface area (Å²) < 4.78 is 0. The molecule has 108 valence electrons. The smallest absolute Gasteiger partial charge is 0.290 e. The van der Waals surface area contributed by atoms with Crippen LogP contribution in [0.4, 0.5) is 5.13 Å². The number of carbonyl (C=O) groups is 1. The summed E-state index contributed by atoms with van der Waals surface area (Å²) >= 11 is 1.56. The molecule has 7 nitrogen and oxygen atoms in total. The van der Waals surface area contributed by atoms with E-state index in [0.29, 0.717) is 17.5 Å². The van der Waals surface area contributed by atoms with E-state index in [-0.39, 0.29) is 12.4 Å². The minimum Gasteiger partial charge on any atom is -0.483 e. The Hall–Kier alpha value is -2.14. The van der Waals surface area contributed by atoms with Gasteiger partial charge in [-0.1, -0.05) is 11.3 Å². The van der Waals surface area contributed by atoms with E-state index in [1.807, 2.05) is 0 Å². The van der Waals surface area contributed by atoms with Gasteiger partial charge in [-0.15, -0.1) is 0 Å². The SMILES string of the molecule is N#CCC[C@@H]1CCCc2sc(N=C(N)N)nc21.O=CO. The maximum absolute atomic E-state index is 8.65. The van der Waals surface area contributed by atoms with Crippen molar-refractivity contribution in [1.29, 1.82) is 5.26 Å². The van der Waals surface area contributed by atoms with Crippen LogP contribution in [-0.4, -0.2) is 22.5 Å². The molecule has 0 saturated heterocycles. The van der Waals surface area contributed by atoms with E-state index in [1.165, 1.54) is 4.88 Å². The standard InChI is InChI=1S/C11H15N5S.CH2O2/c12-6-2-4-7-3-1-5-8-9(7)15-11(17-8)16-10(13)14;2-1-3/h7H,1-5H2,(H4,13,14,15,16);1H,(H,2,3)/t7-;/m0./s1. The van der Waals surface area contributed by atoms with Crippen LogP contribution in [0.2, 0.25) is 0 Å². The van der Waals surface area contributed by atoms with Crippen molar-refractivity contribution < 1.29 is 9.90 Å². The molecule has 0 aliphatic heterocycles. The van der Waals surface area contributed by atoms with Gasteiger partial charge in [0.05, 0.1) is 11.8 Å². The van der Waals surface area contributed by atoms with Crippen LogP contribution in [0.15, 0.2) is 4.99 Å². The molecule has 0 spiro atoms. The summed E-state index contributed by atoms with van der Waals surface area (Å²) in [7, 11) is 0. The first-order valence-electron chi connectivity index (χ1n) is 6.16. The molecule has 1 aromatic heterocycles. The number of guanidine groups is 1. The second-order valence-electron chi connectivity index (χ2n) is 4.23. The van der Waals surface area contributed by atoms with Crippen molar-refractivity contribution in [3.05, 3.63) is 10.6 Å². The third kappa shape index (κ3) is 4.51. The van der Waals surface area contributed by atoms with E-state index in [0.717, 1.165) is 31.4 Å². The van der Waals surface area contributed by atoms with Crippen molar-refractivity contribution >= 4 is 28.9 Å². The van der Waals surface area contributed by atoms with E-state index < -0.39 is 0 Å². The van der Waals surface area contributed by atoms with Gasteiger partial charge < -0.3 is 16.6 Å². The highest BCUT2D eigenvalue weighted by Crippen LogP contribution is 2.39. The molecule has 0 saturated carbocycles. The largest absolute Gasteiger partial charge is 0.483 e. The quantitative estimate of drug-likeness (QED) is 0.438. The van der Waals surface area contributed by atoms with E-state index in [2.05, 4.69) is 16.0 Å². The Bertz CT molecular complexity index is 516. The molecule has 5 N–H and O–H groups in total. The van der Waals surface area contributed by atoms with Gasteiger partial charge in [0.25, 0.3) is 6.47 Å². The van der Waals surface area contributed by atoms with Gasteiger partial charge in [0, 0.05) is 17.2 Å². The van der Waals surface area contributed by atoms with Crippen LogP contribution in [-0.2, 0) is 11.2 Å². The number of nitrogens with zero attached hydrogens (tertiary/aromatic N) is 3. The van der Waals surface area contributed by atoms with E-state index >= 15 is 0 Å². The van der Waals surface area contributed by atoms with Crippen LogP contribution >= 0.6 is 11.3 Å². The molecule has 1 aromatic rings. The van der Waals surface area contributed by atoms with Gasteiger partial charge in [-0.25, -0.2) is 4.98 Å². The van der Waals surface area contributed by atoms with E-state index in [1.54, 1.807) is 11.3 Å². The van der Waals surface area contributed by atoms with Crippen molar-refractivity contribution in [2.45, 2.75) is 38.0 Å². The van der Waals surface area contributed by atoms with Gasteiger partial charge in [0.1, 0.15) is 0 Å². The maximum atomic E-state index is 8.65. The normalized spacial score (nSPS) is 16.1. The zero-order valence-corrected chi connectivity index (χ0v) is 11.8. The van der Waals surface area contributed by atoms with Crippen LogP contribution in [0.25, 0.3) is 0 Å². The highest BCUT2D eigenvalue weighted by Gasteiger charge is 2.24. The average Bonchev–Trinajstić information content (AvgIpc) is 2.79. The molecule has 1 aliphatic carbocycles. The predicted octanol–water partition coefficient (Wildman–Crippen LogP) is 1.47. The number of aryl methyl sites for hydroxylation is 1. The molecular weight excluding hydrogens is 278 g/mol. The molecule has 8 heteroatoms. The number of nitrogens with two attached hydrogens (primary N) is 2. The Kier molecular flexibility index (Phi) is 6.46. The van der Waals surface area contributed by atoms with Gasteiger partial charge in [-0.2, -0.15) is 10.3 Å². The fraction of sp³-hybridized carbons (Fsp3) is 0.500. The number of fused-ring (bicyclic) bond motifs is 1. The van der Waals surface area contributed by atoms with Crippen molar-refractivity contribution in [1.82, 2.24) is 4.98 Å². The summed E-state index contributed by atoms with van der Waals surface area (Å²) in [6.45, 7) is -0.250. The summed E-state index contributed by atoms with van der Waals surface area (Å²) in [6, 6.07) is 2.19. The number of carboxylic acid groups (broad SMARTS) is 1. The minimum absolute atomic E-state index is 0.0460. The van der Waals surface area contributed by atoms with Crippen LogP contribution < -0.4 is 11.5 Å². The molecule has 1 atom stereocenters. The van der Waals surface area contributed by atoms with Crippen molar-refractivity contribution in [2.75, 3.05) is 0 Å². The summed E-state index contributed by atoms with van der Waals surface area (Å²) in [5, 5.41) is 16.2. The number of thiazole rings is 1. The van der Waals surface area contributed by atoms with Gasteiger partial charge in [-0.05, 0) is 25.7 Å². The van der Waals surface area contributed by atoms with Gasteiger partial charge >= 0.3 is 0 Å². The number of hydrogen-bond acceptors (Lipinski definition) is 5. The Labute approximate surface area is 120 Å². The predicted molar refractivity (Wildman–Crippen MR) is 76.8 cm³/mol. The maximum Gasteiger partial charge on any atom is 0.290 e. The fourth-order valence-electron chi connectivity index (χ4n) is 2.17. The summed E-state index contributed by atoms with van der Waals surface area (Å²) in [5.74, 6) is 0.447. The number of aromatic nitrogens is 1. The molecule has 1 heterocycles. The Morgan fingerprint density at radius 1 is 1.65 bits per heavy atom. The molecule has 0 aromatic carbocycles. The lowest BCUT2D eigenvalue weighted by molar-refractivity contribution is -0.122. The Balaban J connectivity index is 0.000000612. The molecule has 0 amide bonds. The third-order valence-corrected chi connectivity index (χ3v) is 3.91. The molecule has 0 radical (unpaired) electrons. The number of aliphatic imine (C=N–C) groups is 1. The second-order valence-corrected chi connectivity index (χ2v) is 5.29. The van der Waals surface area contributed by atoms with Crippen LogP contribution in [0.1, 0.15) is 42.2 Å². The van der Waals surface area contributed by atoms with Crippen LogP contribution in [0, 0.1) is 11.3 Å². The lowest BCUT2D eigenvalue weighted by Gasteiger charge is -2.19. The Morgan fingerprint density at radius 3 is 2.95 bits per heavy atom. The highest BCUT2D eigenvalue weighted by atomic mass is 32.1. The van der Waals surface area contributed by atoms with Crippen molar-refractivity contribution in [2.24, 2.45) is 16.5 Å². The number of hydrogen-bond donors (Lipinski definition) is 3. The lowest BCUT2D eigenvalue weighted by atomic mass is 9.88. The molecule has 20 heavy (non-hydrogen) atoms. The molecule has 0 bridgehead atoms. The van der Waals surface area contributed by atoms with E-state index in [4.69, 9.17) is 26.6 Å². The summed E-state index contributed by atoms with van der Waals surface area (Å²) in [5.41, 5.74) is 11.8. The number of nitriles is 1. The number of rotatable bonds is 3. The molecule has 1 aliphatic rings. The average molecular weight is 295 g/mol. The zero-order valence-electron chi connectivity index (χ0n) is 11.0. The van der Waals surface area contributed by atoms with Crippen LogP contribution in [0.5, 0.6) is 0 Å². The molecule has 0 unspecified atom stereocenters. The zero-order chi connectivity index (χ0) is 15.0. The van der Waals surface area contributed by atoms with Gasteiger partial charge in [0.2, 0.25) is 5.13 Å². The van der Waals surface area contributed by atoms with Crippen molar-refractivity contribution in [3.8, 4) is 6.07 Å². The van der Waals surface area contributed by atoms with Crippen molar-refractivity contribution in [3.63, 3.8) is 0 Å². The van der Waals surface area contributed by atoms with E-state index in [9.17, 15) is 0 Å².